The Kier molecular flexibility index (Phi) is 6.86. The van der Waals surface area contributed by atoms with Crippen LogP contribution in [0.3, 0.4) is 0 Å². The summed E-state index contributed by atoms with van der Waals surface area (Å²) in [6, 6.07) is 11.6. The Balaban J connectivity index is 1.25. The monoisotopic (exact) mass is 557 g/mol. The fraction of sp³-hybridized carbons (Fsp3) is 0.267. The Morgan fingerprint density at radius 2 is 2.03 bits per heavy atom. The molecule has 9 heteroatoms. The summed E-state index contributed by atoms with van der Waals surface area (Å²) in [4.78, 5) is 48.7. The first-order chi connectivity index (χ1) is 18.9. The van der Waals surface area contributed by atoms with Crippen LogP contribution in [0.2, 0.25) is 0 Å². The minimum absolute atomic E-state index is 0.0429. The van der Waals surface area contributed by atoms with Gasteiger partial charge in [-0.15, -0.1) is 17.9 Å². The zero-order chi connectivity index (χ0) is 27.1. The zero-order valence-electron chi connectivity index (χ0n) is 21.5. The first kappa shape index (κ1) is 25.6. The quantitative estimate of drug-likeness (QED) is 0.134. The summed E-state index contributed by atoms with van der Waals surface area (Å²) < 4.78 is 5.53. The van der Waals surface area contributed by atoms with Gasteiger partial charge in [0.2, 0.25) is 0 Å². The Morgan fingerprint density at radius 1 is 1.21 bits per heavy atom. The molecule has 0 saturated carbocycles. The lowest BCUT2D eigenvalue weighted by atomic mass is 9.89. The van der Waals surface area contributed by atoms with Gasteiger partial charge in [0.15, 0.2) is 17.5 Å². The third-order valence-electron chi connectivity index (χ3n) is 7.24. The van der Waals surface area contributed by atoms with Gasteiger partial charge in [-0.05, 0) is 67.5 Å². The fourth-order valence-corrected chi connectivity index (χ4v) is 7.12. The van der Waals surface area contributed by atoms with Crippen LogP contribution in [0.5, 0.6) is 5.75 Å². The van der Waals surface area contributed by atoms with Gasteiger partial charge >= 0.3 is 0 Å². The van der Waals surface area contributed by atoms with E-state index in [2.05, 4.69) is 29.8 Å². The summed E-state index contributed by atoms with van der Waals surface area (Å²) in [5.74, 6) is 0.232. The second-order valence-corrected chi connectivity index (χ2v) is 12.0. The molecule has 1 N–H and O–H groups in total. The number of H-pyrrole nitrogens is 1. The van der Waals surface area contributed by atoms with Gasteiger partial charge in [-0.2, -0.15) is 0 Å². The molecule has 2 aliphatic rings. The number of thioether (sulfide) groups is 1. The first-order valence-electron chi connectivity index (χ1n) is 13.0. The smallest absolute Gasteiger partial charge is 0.265 e. The van der Waals surface area contributed by atoms with Crippen LogP contribution >= 0.6 is 23.1 Å². The number of carbonyl (C=O) groups is 2. The number of benzene rings is 2. The van der Waals surface area contributed by atoms with Crippen molar-refractivity contribution in [3.8, 4) is 16.9 Å². The van der Waals surface area contributed by atoms with Crippen LogP contribution in [0.4, 0.5) is 5.69 Å². The Hall–Kier alpha value is -3.69. The fourth-order valence-electron chi connectivity index (χ4n) is 5.24. The summed E-state index contributed by atoms with van der Waals surface area (Å²) >= 11 is 2.65. The maximum atomic E-state index is 13.3. The molecule has 0 bridgehead atoms. The zero-order valence-corrected chi connectivity index (χ0v) is 23.1. The van der Waals surface area contributed by atoms with Crippen molar-refractivity contribution in [1.82, 2.24) is 9.97 Å². The van der Waals surface area contributed by atoms with Crippen molar-refractivity contribution < 1.29 is 14.3 Å². The number of nitrogens with one attached hydrogen (secondary N) is 1. The Labute approximate surface area is 233 Å². The van der Waals surface area contributed by atoms with E-state index in [4.69, 9.17) is 9.72 Å². The number of rotatable bonds is 7. The Bertz CT molecular complexity index is 1690. The van der Waals surface area contributed by atoms with E-state index in [0.29, 0.717) is 38.9 Å². The molecule has 3 heterocycles. The average Bonchev–Trinajstić information content (AvgIpc) is 3.38. The van der Waals surface area contributed by atoms with Gasteiger partial charge in [0.25, 0.3) is 11.5 Å². The van der Waals surface area contributed by atoms with Crippen molar-refractivity contribution in [1.29, 1.82) is 0 Å². The number of hydrogen-bond donors (Lipinski definition) is 1. The van der Waals surface area contributed by atoms with E-state index < -0.39 is 5.25 Å². The number of anilines is 1. The largest absolute Gasteiger partial charge is 0.482 e. The maximum Gasteiger partial charge on any atom is 0.265 e. The van der Waals surface area contributed by atoms with Crippen molar-refractivity contribution in [3.63, 3.8) is 0 Å². The van der Waals surface area contributed by atoms with Gasteiger partial charge in [-0.3, -0.25) is 14.4 Å². The van der Waals surface area contributed by atoms with Crippen LogP contribution in [0.15, 0.2) is 64.4 Å². The summed E-state index contributed by atoms with van der Waals surface area (Å²) in [5, 5.41) is 2.46. The van der Waals surface area contributed by atoms with Crippen molar-refractivity contribution in [2.75, 3.05) is 18.1 Å². The predicted octanol–water partition coefficient (Wildman–Crippen LogP) is 5.81. The number of Topliss-reactive ketones (excluding diaryl/α,β-unsaturated/α-hetero) is 1. The number of carbonyl (C=O) groups excluding carboxylic acids is 2. The number of thiophene rings is 1. The summed E-state index contributed by atoms with van der Waals surface area (Å²) in [6.07, 6.45) is 6.26. The number of fused-ring (bicyclic) bond motifs is 3. The minimum Gasteiger partial charge on any atom is -0.482 e. The van der Waals surface area contributed by atoms with E-state index in [-0.39, 0.29) is 23.9 Å². The van der Waals surface area contributed by atoms with Crippen molar-refractivity contribution in [2.45, 2.75) is 43.0 Å². The number of nitrogens with zero attached hydrogens (tertiary/aromatic N) is 2. The average molecular weight is 558 g/mol. The number of aromatic amines is 1. The highest BCUT2D eigenvalue weighted by atomic mass is 32.2. The lowest BCUT2D eigenvalue weighted by molar-refractivity contribution is -0.121. The molecule has 1 aliphatic carbocycles. The van der Waals surface area contributed by atoms with Crippen molar-refractivity contribution >= 4 is 50.7 Å². The highest BCUT2D eigenvalue weighted by molar-refractivity contribution is 8.00. The molecule has 2 aromatic heterocycles. The third kappa shape index (κ3) is 4.81. The topological polar surface area (TPSA) is 92.4 Å². The third-order valence-corrected chi connectivity index (χ3v) is 9.09. The van der Waals surface area contributed by atoms with E-state index in [1.54, 1.807) is 36.1 Å². The normalized spacial score (nSPS) is 15.4. The maximum absolute atomic E-state index is 13.3. The molecule has 4 aromatic rings. The molecular formula is C30H27N3O4S2. The van der Waals surface area contributed by atoms with Crippen LogP contribution in [0, 0.1) is 0 Å². The summed E-state index contributed by atoms with van der Waals surface area (Å²) in [5.41, 5.74) is 5.51. The van der Waals surface area contributed by atoms with Gasteiger partial charge in [-0.25, -0.2) is 4.98 Å². The molecule has 6 rings (SSSR count). The number of amides is 1. The second kappa shape index (κ2) is 10.5. The standard InChI is InChI=1S/C30H27N3O4S2/c1-3-12-33-23-14-21(10-11-24(23)37-15-25(33)34)27(35)17(2)39-30-31-28(36)26-22(16-38-29(26)32-30)20-9-8-18-6-4-5-7-19(18)13-20/h3,8-11,13-14,16-17H,1,4-7,12,15H2,2H3,(H,31,32,36). The molecule has 198 valence electrons. The lowest BCUT2D eigenvalue weighted by Gasteiger charge is -2.29. The molecule has 2 aromatic carbocycles. The van der Waals surface area contributed by atoms with Crippen molar-refractivity contribution in [2.24, 2.45) is 0 Å². The van der Waals surface area contributed by atoms with Gasteiger partial charge in [-0.1, -0.05) is 36.0 Å². The van der Waals surface area contributed by atoms with Gasteiger partial charge in [0.05, 0.1) is 16.3 Å². The van der Waals surface area contributed by atoms with Gasteiger partial charge < -0.3 is 14.6 Å². The molecule has 0 saturated heterocycles. The molecule has 1 atom stereocenters. The number of aryl methyl sites for hydroxylation is 2. The number of aromatic nitrogens is 2. The molecule has 0 spiro atoms. The number of ether oxygens (including phenoxy) is 1. The SMILES string of the molecule is C=CCN1C(=O)COc2ccc(C(=O)C(C)Sc3nc4scc(-c5ccc6c(c5)CCCC6)c4c(=O)[nH]3)cc21. The van der Waals surface area contributed by atoms with Gasteiger partial charge in [0.1, 0.15) is 10.6 Å². The Morgan fingerprint density at radius 3 is 2.85 bits per heavy atom. The van der Waals surface area contributed by atoms with Crippen LogP contribution in [0.25, 0.3) is 21.3 Å². The van der Waals surface area contributed by atoms with Crippen LogP contribution < -0.4 is 15.2 Å². The first-order valence-corrected chi connectivity index (χ1v) is 14.7. The van der Waals surface area contributed by atoms with Crippen molar-refractivity contribution in [3.05, 3.63) is 81.5 Å². The molecule has 1 amide bonds. The second-order valence-electron chi connectivity index (χ2n) is 9.78. The predicted molar refractivity (Wildman–Crippen MR) is 156 cm³/mol. The highest BCUT2D eigenvalue weighted by Gasteiger charge is 2.27. The van der Waals surface area contributed by atoms with Gasteiger partial charge in [0, 0.05) is 23.1 Å². The molecule has 39 heavy (non-hydrogen) atoms. The van der Waals surface area contributed by atoms with E-state index in [1.807, 2.05) is 5.38 Å². The van der Waals surface area contributed by atoms with E-state index in [9.17, 15) is 14.4 Å². The minimum atomic E-state index is -0.517. The number of ketones is 1. The molecule has 7 nitrogen and oxygen atoms in total. The number of hydrogen-bond acceptors (Lipinski definition) is 7. The lowest BCUT2D eigenvalue weighted by Crippen LogP contribution is -2.39. The molecular weight excluding hydrogens is 530 g/mol. The molecule has 0 radical (unpaired) electrons. The molecule has 1 unspecified atom stereocenters. The van der Waals surface area contributed by atoms with Crippen LogP contribution in [0.1, 0.15) is 41.3 Å². The van der Waals surface area contributed by atoms with E-state index in [1.165, 1.54) is 47.1 Å². The van der Waals surface area contributed by atoms with E-state index >= 15 is 0 Å². The highest BCUT2D eigenvalue weighted by Crippen LogP contribution is 2.36. The van der Waals surface area contributed by atoms with Crippen LogP contribution in [-0.4, -0.2) is 40.1 Å². The molecule has 1 aliphatic heterocycles. The molecule has 0 fully saturated rings. The van der Waals surface area contributed by atoms with E-state index in [0.717, 1.165) is 24.0 Å². The summed E-state index contributed by atoms with van der Waals surface area (Å²) in [7, 11) is 0. The summed E-state index contributed by atoms with van der Waals surface area (Å²) in [6.45, 7) is 5.79. The van der Waals surface area contributed by atoms with Crippen LogP contribution in [-0.2, 0) is 17.6 Å².